The molecule has 0 spiro atoms. The zero-order valence-electron chi connectivity index (χ0n) is 16.0. The van der Waals surface area contributed by atoms with Crippen LogP contribution in [0.3, 0.4) is 0 Å². The van der Waals surface area contributed by atoms with Crippen molar-refractivity contribution in [2.45, 2.75) is 25.4 Å². The summed E-state index contributed by atoms with van der Waals surface area (Å²) in [5.74, 6) is 1.91. The number of carbonyl (C=O) groups excluding carboxylic acids is 1. The Morgan fingerprint density at radius 1 is 1.11 bits per heavy atom. The van der Waals surface area contributed by atoms with Gasteiger partial charge in [-0.1, -0.05) is 6.07 Å². The average molecular weight is 395 g/mol. The number of amides is 1. The summed E-state index contributed by atoms with van der Waals surface area (Å²) in [5.41, 5.74) is 5.18. The van der Waals surface area contributed by atoms with Gasteiger partial charge in [0.25, 0.3) is 5.91 Å². The SMILES string of the molecule is COc1ccc(-n2nc3c(c2NC(=O)c2ccc(C)c(C)c2)C[S@](=O)C3)cc1. The molecule has 0 bridgehead atoms. The summed E-state index contributed by atoms with van der Waals surface area (Å²) in [6.45, 7) is 3.99. The van der Waals surface area contributed by atoms with Crippen molar-refractivity contribution in [1.82, 2.24) is 9.78 Å². The highest BCUT2D eigenvalue weighted by Gasteiger charge is 2.28. The Morgan fingerprint density at radius 3 is 2.54 bits per heavy atom. The van der Waals surface area contributed by atoms with Gasteiger partial charge >= 0.3 is 0 Å². The van der Waals surface area contributed by atoms with Crippen LogP contribution >= 0.6 is 0 Å². The first-order valence-electron chi connectivity index (χ1n) is 8.95. The second-order valence-electron chi connectivity index (χ2n) is 6.87. The zero-order chi connectivity index (χ0) is 19.8. The largest absolute Gasteiger partial charge is 0.497 e. The molecule has 1 aliphatic heterocycles. The quantitative estimate of drug-likeness (QED) is 0.734. The summed E-state index contributed by atoms with van der Waals surface area (Å²) in [6.07, 6.45) is 0. The molecule has 0 aliphatic carbocycles. The lowest BCUT2D eigenvalue weighted by Crippen LogP contribution is -2.16. The first-order valence-corrected chi connectivity index (χ1v) is 10.4. The lowest BCUT2D eigenvalue weighted by molar-refractivity contribution is 0.102. The second kappa shape index (κ2) is 7.24. The molecule has 1 atom stereocenters. The van der Waals surface area contributed by atoms with Crippen molar-refractivity contribution in [3.8, 4) is 11.4 Å². The monoisotopic (exact) mass is 395 g/mol. The number of aryl methyl sites for hydroxylation is 2. The summed E-state index contributed by atoms with van der Waals surface area (Å²) >= 11 is 0. The van der Waals surface area contributed by atoms with Crippen LogP contribution in [0.15, 0.2) is 42.5 Å². The molecule has 0 unspecified atom stereocenters. The van der Waals surface area contributed by atoms with Gasteiger partial charge in [0.2, 0.25) is 0 Å². The average Bonchev–Trinajstić information content (AvgIpc) is 3.21. The van der Waals surface area contributed by atoms with Crippen LogP contribution in [-0.4, -0.2) is 27.0 Å². The number of hydrogen-bond acceptors (Lipinski definition) is 4. The molecule has 7 heteroatoms. The molecule has 1 aromatic heterocycles. The van der Waals surface area contributed by atoms with Crippen LogP contribution < -0.4 is 10.1 Å². The Kier molecular flexibility index (Phi) is 4.77. The van der Waals surface area contributed by atoms with Gasteiger partial charge in [-0.25, -0.2) is 4.68 Å². The predicted molar refractivity (Wildman–Crippen MR) is 110 cm³/mol. The molecule has 0 fully saturated rings. The normalized spacial score (nSPS) is 15.3. The number of benzene rings is 2. The maximum atomic E-state index is 12.9. The van der Waals surface area contributed by atoms with E-state index in [0.29, 0.717) is 22.9 Å². The van der Waals surface area contributed by atoms with Crippen LogP contribution in [-0.2, 0) is 22.3 Å². The van der Waals surface area contributed by atoms with Crippen LogP contribution in [0.2, 0.25) is 0 Å². The molecule has 2 aromatic carbocycles. The number of nitrogens with one attached hydrogen (secondary N) is 1. The molecule has 1 amide bonds. The number of fused-ring (bicyclic) bond motifs is 1. The maximum Gasteiger partial charge on any atom is 0.256 e. The summed E-state index contributed by atoms with van der Waals surface area (Å²) < 4.78 is 18.9. The van der Waals surface area contributed by atoms with Gasteiger partial charge < -0.3 is 10.1 Å². The Balaban J connectivity index is 1.73. The zero-order valence-corrected chi connectivity index (χ0v) is 16.8. The van der Waals surface area contributed by atoms with E-state index >= 15 is 0 Å². The van der Waals surface area contributed by atoms with Crippen molar-refractivity contribution in [1.29, 1.82) is 0 Å². The van der Waals surface area contributed by atoms with Crippen LogP contribution in [0.5, 0.6) is 5.75 Å². The third-order valence-electron chi connectivity index (χ3n) is 4.99. The topological polar surface area (TPSA) is 73.2 Å². The highest BCUT2D eigenvalue weighted by molar-refractivity contribution is 7.83. The molecule has 144 valence electrons. The van der Waals surface area contributed by atoms with Gasteiger partial charge in [-0.05, 0) is 61.4 Å². The fourth-order valence-corrected chi connectivity index (χ4v) is 4.49. The van der Waals surface area contributed by atoms with E-state index in [1.54, 1.807) is 11.8 Å². The standard InChI is InChI=1S/C21H21N3O3S/c1-13-4-5-15(10-14(13)2)21(25)22-20-18-11-28(26)12-19(18)23-24(20)16-6-8-17(27-3)9-7-16/h4-10H,11-12H2,1-3H3,(H,22,25)/t28-/m0/s1. The lowest BCUT2D eigenvalue weighted by atomic mass is 10.1. The molecule has 0 saturated carbocycles. The number of hydrogen-bond donors (Lipinski definition) is 1. The van der Waals surface area contributed by atoms with Crippen molar-refractivity contribution in [2.75, 3.05) is 12.4 Å². The maximum absolute atomic E-state index is 12.9. The predicted octanol–water partition coefficient (Wildman–Crippen LogP) is 3.51. The Bertz CT molecular complexity index is 1090. The number of rotatable bonds is 4. The molecule has 0 saturated heterocycles. The first-order chi connectivity index (χ1) is 13.5. The van der Waals surface area contributed by atoms with Gasteiger partial charge in [0.15, 0.2) is 0 Å². The fourth-order valence-electron chi connectivity index (χ4n) is 3.23. The van der Waals surface area contributed by atoms with E-state index in [1.165, 1.54) is 0 Å². The summed E-state index contributed by atoms with van der Waals surface area (Å²) in [6, 6.07) is 13.1. The molecular formula is C21H21N3O3S. The van der Waals surface area contributed by atoms with Crippen molar-refractivity contribution >= 4 is 22.5 Å². The van der Waals surface area contributed by atoms with Crippen molar-refractivity contribution in [3.05, 3.63) is 70.4 Å². The van der Waals surface area contributed by atoms with E-state index < -0.39 is 10.8 Å². The smallest absolute Gasteiger partial charge is 0.256 e. The Labute approximate surface area is 166 Å². The molecule has 28 heavy (non-hydrogen) atoms. The van der Waals surface area contributed by atoms with Gasteiger partial charge in [-0.3, -0.25) is 9.00 Å². The number of methoxy groups -OCH3 is 1. The van der Waals surface area contributed by atoms with Crippen molar-refractivity contribution in [3.63, 3.8) is 0 Å². The number of nitrogens with zero attached hydrogens (tertiary/aromatic N) is 2. The molecule has 6 nitrogen and oxygen atoms in total. The van der Waals surface area contributed by atoms with Gasteiger partial charge in [-0.15, -0.1) is 0 Å². The molecule has 3 aromatic rings. The van der Waals surface area contributed by atoms with E-state index in [1.807, 2.05) is 56.3 Å². The van der Waals surface area contributed by atoms with E-state index in [2.05, 4.69) is 10.4 Å². The van der Waals surface area contributed by atoms with Crippen molar-refractivity contribution in [2.24, 2.45) is 0 Å². The minimum absolute atomic E-state index is 0.210. The summed E-state index contributed by atoms with van der Waals surface area (Å²) in [7, 11) is 0.632. The van der Waals surface area contributed by atoms with E-state index in [9.17, 15) is 9.00 Å². The third-order valence-corrected chi connectivity index (χ3v) is 6.19. The Hall–Kier alpha value is -2.93. The Morgan fingerprint density at radius 2 is 1.86 bits per heavy atom. The second-order valence-corrected chi connectivity index (χ2v) is 8.32. The number of carbonyl (C=O) groups is 1. The lowest BCUT2D eigenvalue weighted by Gasteiger charge is -2.12. The van der Waals surface area contributed by atoms with Gasteiger partial charge in [0.05, 0.1) is 30.0 Å². The van der Waals surface area contributed by atoms with Crippen LogP contribution in [0.1, 0.15) is 32.7 Å². The molecular weight excluding hydrogens is 374 g/mol. The highest BCUT2D eigenvalue weighted by atomic mass is 32.2. The molecule has 1 N–H and O–H groups in total. The van der Waals surface area contributed by atoms with Crippen LogP contribution in [0.25, 0.3) is 5.69 Å². The molecule has 0 radical (unpaired) electrons. The van der Waals surface area contributed by atoms with E-state index in [-0.39, 0.29) is 5.91 Å². The molecule has 2 heterocycles. The fraction of sp³-hybridized carbons (Fsp3) is 0.238. The van der Waals surface area contributed by atoms with Gasteiger partial charge in [0, 0.05) is 21.9 Å². The summed E-state index contributed by atoms with van der Waals surface area (Å²) in [5, 5.41) is 7.61. The van der Waals surface area contributed by atoms with Gasteiger partial charge in [0.1, 0.15) is 11.6 Å². The summed E-state index contributed by atoms with van der Waals surface area (Å²) in [4.78, 5) is 12.9. The van der Waals surface area contributed by atoms with E-state index in [4.69, 9.17) is 4.74 Å². The molecule has 4 rings (SSSR count). The number of aromatic nitrogens is 2. The van der Waals surface area contributed by atoms with Gasteiger partial charge in [-0.2, -0.15) is 5.10 Å². The number of ether oxygens (including phenoxy) is 1. The molecule has 1 aliphatic rings. The van der Waals surface area contributed by atoms with Crippen LogP contribution in [0.4, 0.5) is 5.82 Å². The third kappa shape index (κ3) is 3.33. The van der Waals surface area contributed by atoms with E-state index in [0.717, 1.165) is 33.8 Å². The first kappa shape index (κ1) is 18.4. The minimum atomic E-state index is -0.981. The van der Waals surface area contributed by atoms with Crippen LogP contribution in [0, 0.1) is 13.8 Å². The van der Waals surface area contributed by atoms with Crippen molar-refractivity contribution < 1.29 is 13.7 Å². The highest BCUT2D eigenvalue weighted by Crippen LogP contribution is 2.32. The minimum Gasteiger partial charge on any atom is -0.497 e. The number of anilines is 1.